The largest absolute Gasteiger partial charge is 0.0901 e. The molecule has 27 heavy (non-hydrogen) atoms. The normalized spacial score (nSPS) is 14.7. The van der Waals surface area contributed by atoms with Gasteiger partial charge in [0.15, 0.2) is 0 Å². The molecule has 0 aliphatic carbocycles. The van der Waals surface area contributed by atoms with E-state index < -0.39 is 0 Å². The van der Waals surface area contributed by atoms with Gasteiger partial charge in [0.25, 0.3) is 0 Å². The van der Waals surface area contributed by atoms with Crippen molar-refractivity contribution in [3.63, 3.8) is 0 Å². The quantitative estimate of drug-likeness (QED) is 0.243. The SMILES string of the molecule is CC(C)(C)P(C(C)(C)C)C(C)(C)C.CC(C)(C)P(C(C)(C)C)C(C)(C)C.[Pt]. The molecule has 0 spiro atoms. The minimum Gasteiger partial charge on any atom is -0.0901 e. The zero-order valence-corrected chi connectivity index (χ0v) is 26.3. The van der Waals surface area contributed by atoms with E-state index in [2.05, 4.69) is 125 Å². The Morgan fingerprint density at radius 3 is 0.333 bits per heavy atom. The molecule has 0 N–H and O–H groups in total. The van der Waals surface area contributed by atoms with Gasteiger partial charge >= 0.3 is 0 Å². The maximum atomic E-state index is 2.38. The van der Waals surface area contributed by atoms with E-state index in [9.17, 15) is 0 Å². The molecule has 0 rings (SSSR count). The first-order chi connectivity index (χ1) is 10.7. The van der Waals surface area contributed by atoms with Crippen LogP contribution < -0.4 is 0 Å². The summed E-state index contributed by atoms with van der Waals surface area (Å²) in [5.74, 6) is 0. The first kappa shape index (κ1) is 33.2. The van der Waals surface area contributed by atoms with Crippen molar-refractivity contribution in [1.29, 1.82) is 0 Å². The molecule has 170 valence electrons. The molecule has 0 aromatic heterocycles. The second-order valence-corrected chi connectivity index (χ2v) is 23.1. The zero-order valence-electron chi connectivity index (χ0n) is 22.2. The second kappa shape index (κ2) is 10.2. The van der Waals surface area contributed by atoms with Gasteiger partial charge in [-0.15, -0.1) is 0 Å². The van der Waals surface area contributed by atoms with Gasteiger partial charge in [0.2, 0.25) is 0 Å². The first-order valence-electron chi connectivity index (χ1n) is 10.3. The third-order valence-corrected chi connectivity index (χ3v) is 12.1. The standard InChI is InChI=1S/2C12H27P.Pt/c2*1-10(2,3)13(11(4,5)6)12(7,8)9;/h2*1-9H3;. The average molecular weight is 600 g/mol. The molecule has 0 radical (unpaired) electrons. The van der Waals surface area contributed by atoms with Crippen LogP contribution >= 0.6 is 15.8 Å². The minimum absolute atomic E-state index is 0. The van der Waals surface area contributed by atoms with Crippen molar-refractivity contribution in [1.82, 2.24) is 0 Å². The fourth-order valence-electron chi connectivity index (χ4n) is 6.04. The fourth-order valence-corrected chi connectivity index (χ4v) is 18.1. The summed E-state index contributed by atoms with van der Waals surface area (Å²) >= 11 is 0. The van der Waals surface area contributed by atoms with E-state index in [0.29, 0.717) is 30.9 Å². The molecular weight excluding hydrogens is 545 g/mol. The van der Waals surface area contributed by atoms with Crippen LogP contribution in [0.1, 0.15) is 125 Å². The van der Waals surface area contributed by atoms with Crippen LogP contribution in [0.15, 0.2) is 0 Å². The van der Waals surface area contributed by atoms with Gasteiger partial charge in [-0.1, -0.05) is 140 Å². The summed E-state index contributed by atoms with van der Waals surface area (Å²) in [6, 6.07) is 0. The van der Waals surface area contributed by atoms with E-state index >= 15 is 0 Å². The molecule has 0 atom stereocenters. The predicted molar refractivity (Wildman–Crippen MR) is 132 cm³/mol. The molecule has 0 aromatic rings. The molecule has 0 aliphatic rings. The topological polar surface area (TPSA) is 0 Å². The second-order valence-electron chi connectivity index (χ2n) is 13.7. The summed E-state index contributed by atoms with van der Waals surface area (Å²) in [5.41, 5.74) is 0. The van der Waals surface area contributed by atoms with Crippen molar-refractivity contribution in [2.24, 2.45) is 0 Å². The summed E-state index contributed by atoms with van der Waals surface area (Å²) in [5, 5.41) is 2.70. The summed E-state index contributed by atoms with van der Waals surface area (Å²) in [7, 11) is 0.0324. The molecule has 3 heteroatoms. The van der Waals surface area contributed by atoms with E-state index in [1.807, 2.05) is 0 Å². The van der Waals surface area contributed by atoms with Gasteiger partial charge in [-0.25, -0.2) is 0 Å². The Morgan fingerprint density at radius 2 is 0.333 bits per heavy atom. The smallest absolute Gasteiger partial charge is 0 e. The van der Waals surface area contributed by atoms with Gasteiger partial charge in [0.05, 0.1) is 0 Å². The zero-order chi connectivity index (χ0) is 22.2. The molecule has 0 heterocycles. The van der Waals surface area contributed by atoms with Crippen molar-refractivity contribution in [2.75, 3.05) is 0 Å². The van der Waals surface area contributed by atoms with Gasteiger partial charge < -0.3 is 0 Å². The third kappa shape index (κ3) is 12.8. The molecule has 0 nitrogen and oxygen atoms in total. The van der Waals surface area contributed by atoms with Gasteiger partial charge in [-0.05, 0) is 30.9 Å². The molecule has 0 aliphatic heterocycles. The number of hydrogen-bond acceptors (Lipinski definition) is 0. The van der Waals surface area contributed by atoms with Crippen molar-refractivity contribution in [2.45, 2.75) is 156 Å². The van der Waals surface area contributed by atoms with Crippen LogP contribution in [-0.2, 0) is 21.1 Å². The summed E-state index contributed by atoms with van der Waals surface area (Å²) in [4.78, 5) is 0. The van der Waals surface area contributed by atoms with Crippen molar-refractivity contribution >= 4 is 15.8 Å². The van der Waals surface area contributed by atoms with Crippen molar-refractivity contribution in [3.8, 4) is 0 Å². The van der Waals surface area contributed by atoms with Crippen LogP contribution in [-0.4, -0.2) is 30.9 Å². The Morgan fingerprint density at radius 1 is 0.259 bits per heavy atom. The van der Waals surface area contributed by atoms with Crippen LogP contribution in [0.5, 0.6) is 0 Å². The number of hydrogen-bond donors (Lipinski definition) is 0. The summed E-state index contributed by atoms with van der Waals surface area (Å²) in [6.45, 7) is 42.9. The third-order valence-electron chi connectivity index (χ3n) is 4.02. The van der Waals surface area contributed by atoms with Crippen LogP contribution in [0, 0.1) is 0 Å². The Hall–Kier alpha value is 1.55. The minimum atomic E-state index is 0. The first-order valence-corrected chi connectivity index (χ1v) is 13.0. The molecule has 0 fully saturated rings. The Bertz CT molecular complexity index is 304. The van der Waals surface area contributed by atoms with E-state index in [4.69, 9.17) is 0 Å². The predicted octanol–water partition coefficient (Wildman–Crippen LogP) is 9.73. The Kier molecular flexibility index (Phi) is 12.6. The van der Waals surface area contributed by atoms with Crippen LogP contribution in [0.3, 0.4) is 0 Å². The molecule has 0 unspecified atom stereocenters. The average Bonchev–Trinajstić information content (AvgIpc) is 1.97. The van der Waals surface area contributed by atoms with E-state index in [1.54, 1.807) is 0 Å². The van der Waals surface area contributed by atoms with E-state index in [1.165, 1.54) is 0 Å². The Balaban J connectivity index is -0.000000411. The summed E-state index contributed by atoms with van der Waals surface area (Å²) < 4.78 is 0. The molecule has 0 amide bonds. The van der Waals surface area contributed by atoms with Gasteiger partial charge in [0.1, 0.15) is 0 Å². The van der Waals surface area contributed by atoms with Crippen molar-refractivity contribution in [3.05, 3.63) is 0 Å². The monoisotopic (exact) mass is 599 g/mol. The van der Waals surface area contributed by atoms with Crippen molar-refractivity contribution < 1.29 is 21.1 Å². The van der Waals surface area contributed by atoms with Crippen LogP contribution in [0.2, 0.25) is 0 Å². The maximum Gasteiger partial charge on any atom is 0 e. The van der Waals surface area contributed by atoms with E-state index in [0.717, 1.165) is 0 Å². The molecule has 0 bridgehead atoms. The number of rotatable bonds is 0. The van der Waals surface area contributed by atoms with Gasteiger partial charge in [-0.2, -0.15) is 0 Å². The summed E-state index contributed by atoms with van der Waals surface area (Å²) in [6.07, 6.45) is 0. The maximum absolute atomic E-state index is 2.38. The molecule has 0 saturated carbocycles. The van der Waals surface area contributed by atoms with Gasteiger partial charge in [-0.3, -0.25) is 0 Å². The van der Waals surface area contributed by atoms with Gasteiger partial charge in [0, 0.05) is 21.1 Å². The van der Waals surface area contributed by atoms with Crippen LogP contribution in [0.4, 0.5) is 0 Å². The molecular formula is C24H54P2Pt. The molecule has 0 aromatic carbocycles. The van der Waals surface area contributed by atoms with E-state index in [-0.39, 0.29) is 36.9 Å². The fraction of sp³-hybridized carbons (Fsp3) is 1.00. The molecule has 0 saturated heterocycles. The Labute approximate surface area is 192 Å². The van der Waals surface area contributed by atoms with Crippen LogP contribution in [0.25, 0.3) is 0 Å².